The van der Waals surface area contributed by atoms with Gasteiger partial charge in [0.1, 0.15) is 5.82 Å². The molecule has 7 nitrogen and oxygen atoms in total. The number of hydrogen-bond donors (Lipinski definition) is 3. The number of nitrogens with one attached hydrogen (secondary N) is 3. The molecule has 35 heavy (non-hydrogen) atoms. The van der Waals surface area contributed by atoms with E-state index >= 15 is 0 Å². The Hall–Kier alpha value is -4.20. The zero-order valence-electron chi connectivity index (χ0n) is 20.4. The number of rotatable bonds is 7. The Kier molecular flexibility index (Phi) is 6.82. The molecule has 0 saturated heterocycles. The zero-order valence-corrected chi connectivity index (χ0v) is 20.4. The third-order valence-electron chi connectivity index (χ3n) is 5.38. The molecule has 0 saturated carbocycles. The summed E-state index contributed by atoms with van der Waals surface area (Å²) in [6.45, 7) is 9.87. The molecule has 0 atom stereocenters. The molecule has 8 heteroatoms. The molecule has 1 amide bonds. The summed E-state index contributed by atoms with van der Waals surface area (Å²) in [6.07, 6.45) is 0. The van der Waals surface area contributed by atoms with E-state index in [-0.39, 0.29) is 24.1 Å². The van der Waals surface area contributed by atoms with Gasteiger partial charge >= 0.3 is 0 Å². The molecule has 3 N–H and O–H groups in total. The molecule has 0 radical (unpaired) electrons. The van der Waals surface area contributed by atoms with Crippen molar-refractivity contribution in [1.82, 2.24) is 20.3 Å². The SMILES string of the molecule is CC(C)=NOC(=C(C)C)c1cc2cc(-c3nc(C(=O)NCc4ccc(F)cc4)[nH]c3C)ccc2[nH]1. The quantitative estimate of drug-likeness (QED) is 0.172. The maximum Gasteiger partial charge on any atom is 0.287 e. The van der Waals surface area contributed by atoms with Crippen LogP contribution >= 0.6 is 0 Å². The predicted molar refractivity (Wildman–Crippen MR) is 136 cm³/mol. The first-order chi connectivity index (χ1) is 16.7. The van der Waals surface area contributed by atoms with E-state index in [2.05, 4.69) is 25.4 Å². The number of aromatic amines is 2. The normalized spacial score (nSPS) is 10.8. The fourth-order valence-electron chi connectivity index (χ4n) is 3.67. The number of aromatic nitrogens is 3. The lowest BCUT2D eigenvalue weighted by molar-refractivity contribution is 0.0941. The topological polar surface area (TPSA) is 95.2 Å². The van der Waals surface area contributed by atoms with Crippen molar-refractivity contribution in [1.29, 1.82) is 0 Å². The van der Waals surface area contributed by atoms with Crippen molar-refractivity contribution in [2.75, 3.05) is 0 Å². The molecular formula is C27H28FN5O2. The highest BCUT2D eigenvalue weighted by molar-refractivity contribution is 5.92. The number of aryl methyl sites for hydroxylation is 1. The Labute approximate surface area is 203 Å². The number of carbonyl (C=O) groups is 1. The monoisotopic (exact) mass is 473 g/mol. The lowest BCUT2D eigenvalue weighted by Crippen LogP contribution is -2.24. The Balaban J connectivity index is 1.56. The summed E-state index contributed by atoms with van der Waals surface area (Å²) in [5.74, 6) is 0.264. The fraction of sp³-hybridized carbons (Fsp3) is 0.222. The van der Waals surface area contributed by atoms with Gasteiger partial charge in [-0.15, -0.1) is 0 Å². The Morgan fingerprint density at radius 2 is 1.80 bits per heavy atom. The maximum atomic E-state index is 13.1. The summed E-state index contributed by atoms with van der Waals surface area (Å²) in [5.41, 5.74) is 6.79. The molecule has 2 aromatic carbocycles. The van der Waals surface area contributed by atoms with E-state index in [9.17, 15) is 9.18 Å². The van der Waals surface area contributed by atoms with Crippen LogP contribution in [-0.2, 0) is 11.4 Å². The minimum absolute atomic E-state index is 0.225. The van der Waals surface area contributed by atoms with Crippen molar-refractivity contribution in [3.8, 4) is 11.3 Å². The Morgan fingerprint density at radius 1 is 1.06 bits per heavy atom. The van der Waals surface area contributed by atoms with Crippen LogP contribution in [0.25, 0.3) is 27.9 Å². The van der Waals surface area contributed by atoms with Crippen LogP contribution in [0.4, 0.5) is 4.39 Å². The van der Waals surface area contributed by atoms with Gasteiger partial charge in [-0.1, -0.05) is 23.4 Å². The van der Waals surface area contributed by atoms with Gasteiger partial charge in [-0.05, 0) is 76.1 Å². The molecule has 0 spiro atoms. The number of oxime groups is 1. The van der Waals surface area contributed by atoms with Gasteiger partial charge in [0.25, 0.3) is 5.91 Å². The number of fused-ring (bicyclic) bond motifs is 1. The number of benzene rings is 2. The molecule has 4 aromatic rings. The average molecular weight is 474 g/mol. The van der Waals surface area contributed by atoms with Crippen molar-refractivity contribution in [3.63, 3.8) is 0 Å². The molecule has 0 aliphatic rings. The first-order valence-electron chi connectivity index (χ1n) is 11.3. The van der Waals surface area contributed by atoms with E-state index in [4.69, 9.17) is 4.84 Å². The number of nitrogens with zero attached hydrogens (tertiary/aromatic N) is 2. The number of hydrogen-bond acceptors (Lipinski definition) is 4. The van der Waals surface area contributed by atoms with E-state index in [1.807, 2.05) is 58.9 Å². The number of halogens is 1. The summed E-state index contributed by atoms with van der Waals surface area (Å²) in [6, 6.07) is 14.0. The lowest BCUT2D eigenvalue weighted by Gasteiger charge is -2.05. The van der Waals surface area contributed by atoms with Gasteiger partial charge in [-0.2, -0.15) is 0 Å². The number of amides is 1. The summed E-state index contributed by atoms with van der Waals surface area (Å²) >= 11 is 0. The van der Waals surface area contributed by atoms with Gasteiger partial charge in [0.15, 0.2) is 11.6 Å². The molecule has 2 heterocycles. The molecule has 2 aromatic heterocycles. The second-order valence-corrected chi connectivity index (χ2v) is 8.81. The average Bonchev–Trinajstić information content (AvgIpc) is 3.41. The van der Waals surface area contributed by atoms with Gasteiger partial charge in [-0.25, -0.2) is 9.37 Å². The van der Waals surface area contributed by atoms with Crippen LogP contribution in [0.5, 0.6) is 0 Å². The van der Waals surface area contributed by atoms with Gasteiger partial charge in [-0.3, -0.25) is 4.79 Å². The Morgan fingerprint density at radius 3 is 2.49 bits per heavy atom. The van der Waals surface area contributed by atoms with Crippen molar-refractivity contribution in [3.05, 3.63) is 82.7 Å². The first kappa shape index (κ1) is 23.9. The van der Waals surface area contributed by atoms with E-state index in [0.29, 0.717) is 11.5 Å². The van der Waals surface area contributed by atoms with Gasteiger partial charge in [0.05, 0.1) is 17.1 Å². The van der Waals surface area contributed by atoms with Gasteiger partial charge in [0.2, 0.25) is 0 Å². The minimum atomic E-state index is -0.328. The second kappa shape index (κ2) is 9.97. The predicted octanol–water partition coefficient (Wildman–Crippen LogP) is 6.10. The standard InChI is InChI=1S/C27H28FN5O2/c1-15(2)25(35-33-16(3)4)23-13-20-12-19(8-11-22(20)31-23)24-17(5)30-26(32-24)27(34)29-14-18-6-9-21(28)10-7-18/h6-13,31H,14H2,1-5H3,(H,29,34)(H,30,32). The third-order valence-corrected chi connectivity index (χ3v) is 5.38. The van der Waals surface area contributed by atoms with E-state index in [0.717, 1.165) is 44.7 Å². The summed E-state index contributed by atoms with van der Waals surface area (Å²) in [5, 5.41) is 7.90. The summed E-state index contributed by atoms with van der Waals surface area (Å²) in [4.78, 5) is 29.3. The summed E-state index contributed by atoms with van der Waals surface area (Å²) < 4.78 is 13.1. The summed E-state index contributed by atoms with van der Waals surface area (Å²) in [7, 11) is 0. The third kappa shape index (κ3) is 5.48. The van der Waals surface area contributed by atoms with Crippen molar-refractivity contribution in [2.45, 2.75) is 41.2 Å². The number of allylic oxidation sites excluding steroid dienone is 1. The number of H-pyrrole nitrogens is 2. The molecule has 180 valence electrons. The minimum Gasteiger partial charge on any atom is -0.355 e. The van der Waals surface area contributed by atoms with E-state index < -0.39 is 0 Å². The molecule has 0 bridgehead atoms. The van der Waals surface area contributed by atoms with Crippen LogP contribution in [-0.4, -0.2) is 26.6 Å². The smallest absolute Gasteiger partial charge is 0.287 e. The molecule has 0 aliphatic heterocycles. The highest BCUT2D eigenvalue weighted by Gasteiger charge is 2.16. The van der Waals surface area contributed by atoms with Crippen LogP contribution in [0.1, 0.15) is 55.3 Å². The number of carbonyl (C=O) groups excluding carboxylic acids is 1. The zero-order chi connectivity index (χ0) is 25.1. The van der Waals surface area contributed by atoms with Crippen LogP contribution in [0, 0.1) is 12.7 Å². The van der Waals surface area contributed by atoms with Crippen molar-refractivity contribution in [2.24, 2.45) is 5.16 Å². The largest absolute Gasteiger partial charge is 0.355 e. The molecule has 0 fully saturated rings. The Bertz CT molecular complexity index is 1440. The molecule has 0 unspecified atom stereocenters. The highest BCUT2D eigenvalue weighted by atomic mass is 19.1. The fourth-order valence-corrected chi connectivity index (χ4v) is 3.67. The van der Waals surface area contributed by atoms with Crippen LogP contribution in [0.3, 0.4) is 0 Å². The van der Waals surface area contributed by atoms with Crippen LogP contribution in [0.2, 0.25) is 0 Å². The number of imidazole rings is 1. The van der Waals surface area contributed by atoms with Crippen LogP contribution < -0.4 is 5.32 Å². The first-order valence-corrected chi connectivity index (χ1v) is 11.3. The molecular weight excluding hydrogens is 445 g/mol. The van der Waals surface area contributed by atoms with E-state index in [1.54, 1.807) is 12.1 Å². The molecule has 0 aliphatic carbocycles. The lowest BCUT2D eigenvalue weighted by atomic mass is 10.1. The van der Waals surface area contributed by atoms with Crippen LogP contribution in [0.15, 0.2) is 59.3 Å². The second-order valence-electron chi connectivity index (χ2n) is 8.81. The van der Waals surface area contributed by atoms with E-state index in [1.165, 1.54) is 12.1 Å². The molecule has 4 rings (SSSR count). The highest BCUT2D eigenvalue weighted by Crippen LogP contribution is 2.29. The van der Waals surface area contributed by atoms with Crippen molar-refractivity contribution < 1.29 is 14.0 Å². The van der Waals surface area contributed by atoms with Gasteiger partial charge in [0, 0.05) is 28.7 Å². The van der Waals surface area contributed by atoms with Crippen molar-refractivity contribution >= 4 is 28.3 Å². The van der Waals surface area contributed by atoms with Gasteiger partial charge < -0.3 is 20.1 Å². The maximum absolute atomic E-state index is 13.1.